The number of carbonyl (C=O) groups excluding carboxylic acids is 1. The summed E-state index contributed by atoms with van der Waals surface area (Å²) in [5.41, 5.74) is 7.85. The summed E-state index contributed by atoms with van der Waals surface area (Å²) in [7, 11) is 0. The maximum Gasteiger partial charge on any atom is 0.237 e. The molecule has 1 aromatic heterocycles. The third-order valence-corrected chi connectivity index (χ3v) is 3.64. The highest BCUT2D eigenvalue weighted by atomic mass is 16.5. The van der Waals surface area contributed by atoms with Crippen LogP contribution in [-0.4, -0.2) is 23.1 Å². The molecule has 0 fully saturated rings. The molecular formula is C14H25N3O2. The third kappa shape index (κ3) is 4.06. The van der Waals surface area contributed by atoms with E-state index in [1.807, 2.05) is 34.6 Å². The molecule has 1 rings (SSSR count). The highest BCUT2D eigenvalue weighted by Crippen LogP contribution is 2.14. The van der Waals surface area contributed by atoms with Gasteiger partial charge in [0.05, 0.1) is 11.7 Å². The Morgan fingerprint density at radius 2 is 2.05 bits per heavy atom. The molecule has 0 saturated carbocycles. The Hall–Kier alpha value is -1.36. The van der Waals surface area contributed by atoms with E-state index in [9.17, 15) is 4.79 Å². The molecule has 108 valence electrons. The first-order valence-electron chi connectivity index (χ1n) is 6.84. The highest BCUT2D eigenvalue weighted by molar-refractivity contribution is 5.82. The monoisotopic (exact) mass is 267 g/mol. The lowest BCUT2D eigenvalue weighted by atomic mass is 9.98. The van der Waals surface area contributed by atoms with Crippen LogP contribution >= 0.6 is 0 Å². The van der Waals surface area contributed by atoms with Crippen molar-refractivity contribution in [1.29, 1.82) is 0 Å². The van der Waals surface area contributed by atoms with Crippen LogP contribution in [0.2, 0.25) is 0 Å². The van der Waals surface area contributed by atoms with Crippen LogP contribution in [0.3, 0.4) is 0 Å². The molecule has 0 spiro atoms. The van der Waals surface area contributed by atoms with Crippen molar-refractivity contribution in [3.05, 3.63) is 17.0 Å². The van der Waals surface area contributed by atoms with Gasteiger partial charge in [-0.15, -0.1) is 0 Å². The predicted octanol–water partition coefficient (Wildman–Crippen LogP) is 1.71. The molecule has 0 bridgehead atoms. The SMILES string of the molecule is CCC(C)C(N)C(=O)NC(C)Cc1c(C)noc1C. The number of aromatic nitrogens is 1. The second-order valence-corrected chi connectivity index (χ2v) is 5.33. The van der Waals surface area contributed by atoms with Gasteiger partial charge in [-0.05, 0) is 33.1 Å². The summed E-state index contributed by atoms with van der Waals surface area (Å²) in [5.74, 6) is 0.907. The van der Waals surface area contributed by atoms with Crippen LogP contribution in [0.4, 0.5) is 0 Å². The zero-order valence-corrected chi connectivity index (χ0v) is 12.5. The van der Waals surface area contributed by atoms with E-state index in [0.29, 0.717) is 6.42 Å². The van der Waals surface area contributed by atoms with Gasteiger partial charge in [-0.2, -0.15) is 0 Å². The number of carbonyl (C=O) groups is 1. The Labute approximate surface area is 114 Å². The molecule has 19 heavy (non-hydrogen) atoms. The predicted molar refractivity (Wildman–Crippen MR) is 74.7 cm³/mol. The van der Waals surface area contributed by atoms with Gasteiger partial charge in [0.2, 0.25) is 5.91 Å². The van der Waals surface area contributed by atoms with Crippen molar-refractivity contribution < 1.29 is 9.32 Å². The molecule has 0 saturated heterocycles. The summed E-state index contributed by atoms with van der Waals surface area (Å²) in [6.07, 6.45) is 1.60. The van der Waals surface area contributed by atoms with Gasteiger partial charge in [0.15, 0.2) is 0 Å². The third-order valence-electron chi connectivity index (χ3n) is 3.64. The number of nitrogens with zero attached hydrogens (tertiary/aromatic N) is 1. The number of hydrogen-bond donors (Lipinski definition) is 2. The van der Waals surface area contributed by atoms with Crippen molar-refractivity contribution in [2.45, 2.75) is 59.5 Å². The van der Waals surface area contributed by atoms with E-state index < -0.39 is 6.04 Å². The summed E-state index contributed by atoms with van der Waals surface area (Å²) in [5, 5.41) is 6.87. The van der Waals surface area contributed by atoms with E-state index in [2.05, 4.69) is 10.5 Å². The number of aryl methyl sites for hydroxylation is 2. The Balaban J connectivity index is 2.56. The van der Waals surface area contributed by atoms with Crippen LogP contribution in [0.5, 0.6) is 0 Å². The van der Waals surface area contributed by atoms with Gasteiger partial charge in [0, 0.05) is 11.6 Å². The van der Waals surface area contributed by atoms with E-state index in [-0.39, 0.29) is 17.9 Å². The highest BCUT2D eigenvalue weighted by Gasteiger charge is 2.21. The lowest BCUT2D eigenvalue weighted by Gasteiger charge is -2.21. The lowest BCUT2D eigenvalue weighted by Crippen LogP contribution is -2.48. The topological polar surface area (TPSA) is 81.2 Å². The summed E-state index contributed by atoms with van der Waals surface area (Å²) in [6, 6.07) is -0.434. The molecule has 3 unspecified atom stereocenters. The molecule has 1 aromatic rings. The Kier molecular flexibility index (Phi) is 5.54. The first-order chi connectivity index (χ1) is 8.86. The van der Waals surface area contributed by atoms with E-state index in [1.54, 1.807) is 0 Å². The van der Waals surface area contributed by atoms with Gasteiger partial charge in [-0.1, -0.05) is 25.4 Å². The van der Waals surface area contributed by atoms with Crippen molar-refractivity contribution in [2.75, 3.05) is 0 Å². The molecule has 0 aromatic carbocycles. The van der Waals surface area contributed by atoms with Gasteiger partial charge in [-0.3, -0.25) is 4.79 Å². The van der Waals surface area contributed by atoms with Crippen molar-refractivity contribution in [2.24, 2.45) is 11.7 Å². The second kappa shape index (κ2) is 6.70. The normalized spacial score (nSPS) is 15.9. The molecule has 1 amide bonds. The maximum absolute atomic E-state index is 12.0. The standard InChI is InChI=1S/C14H25N3O2/c1-6-8(2)13(15)14(18)16-9(3)7-12-10(4)17-19-11(12)5/h8-9,13H,6-7,15H2,1-5H3,(H,16,18). The molecule has 0 aliphatic heterocycles. The number of nitrogens with two attached hydrogens (primary N) is 1. The minimum Gasteiger partial charge on any atom is -0.361 e. The summed E-state index contributed by atoms with van der Waals surface area (Å²) in [4.78, 5) is 12.0. The molecule has 3 N–H and O–H groups in total. The molecule has 5 heteroatoms. The average molecular weight is 267 g/mol. The quantitative estimate of drug-likeness (QED) is 0.822. The van der Waals surface area contributed by atoms with Crippen molar-refractivity contribution in [1.82, 2.24) is 10.5 Å². The number of amides is 1. The number of rotatable bonds is 6. The molecule has 3 atom stereocenters. The van der Waals surface area contributed by atoms with Crippen LogP contribution in [0.25, 0.3) is 0 Å². The second-order valence-electron chi connectivity index (χ2n) is 5.33. The Morgan fingerprint density at radius 1 is 1.42 bits per heavy atom. The number of nitrogens with one attached hydrogen (secondary N) is 1. The number of hydrogen-bond acceptors (Lipinski definition) is 4. The maximum atomic E-state index is 12.0. The summed E-state index contributed by atoms with van der Waals surface area (Å²) < 4.78 is 5.12. The smallest absolute Gasteiger partial charge is 0.237 e. The molecule has 1 heterocycles. The summed E-state index contributed by atoms with van der Waals surface area (Å²) in [6.45, 7) is 9.78. The summed E-state index contributed by atoms with van der Waals surface area (Å²) >= 11 is 0. The molecule has 0 aliphatic rings. The zero-order chi connectivity index (χ0) is 14.6. The minimum absolute atomic E-state index is 0.0133. The van der Waals surface area contributed by atoms with E-state index in [4.69, 9.17) is 10.3 Å². The van der Waals surface area contributed by atoms with Crippen LogP contribution in [-0.2, 0) is 11.2 Å². The Morgan fingerprint density at radius 3 is 2.53 bits per heavy atom. The van der Waals surface area contributed by atoms with Crippen LogP contribution in [0.1, 0.15) is 44.2 Å². The average Bonchev–Trinajstić information content (AvgIpc) is 2.68. The van der Waals surface area contributed by atoms with Crippen LogP contribution in [0.15, 0.2) is 4.52 Å². The van der Waals surface area contributed by atoms with Gasteiger partial charge in [0.25, 0.3) is 0 Å². The minimum atomic E-state index is -0.447. The molecule has 0 aliphatic carbocycles. The van der Waals surface area contributed by atoms with Gasteiger partial charge in [-0.25, -0.2) is 0 Å². The molecule has 5 nitrogen and oxygen atoms in total. The first kappa shape index (κ1) is 15.7. The largest absolute Gasteiger partial charge is 0.361 e. The van der Waals surface area contributed by atoms with Crippen LogP contribution in [0, 0.1) is 19.8 Å². The fraction of sp³-hybridized carbons (Fsp3) is 0.714. The first-order valence-corrected chi connectivity index (χ1v) is 6.84. The molecular weight excluding hydrogens is 242 g/mol. The van der Waals surface area contributed by atoms with Gasteiger partial charge < -0.3 is 15.6 Å². The van der Waals surface area contributed by atoms with Crippen molar-refractivity contribution >= 4 is 5.91 Å². The zero-order valence-electron chi connectivity index (χ0n) is 12.5. The fourth-order valence-electron chi connectivity index (χ4n) is 2.00. The van der Waals surface area contributed by atoms with E-state index in [1.165, 1.54) is 0 Å². The van der Waals surface area contributed by atoms with Gasteiger partial charge >= 0.3 is 0 Å². The molecule has 0 radical (unpaired) electrons. The Bertz CT molecular complexity index is 409. The fourth-order valence-corrected chi connectivity index (χ4v) is 2.00. The van der Waals surface area contributed by atoms with E-state index in [0.717, 1.165) is 23.4 Å². The van der Waals surface area contributed by atoms with Gasteiger partial charge in [0.1, 0.15) is 5.76 Å². The van der Waals surface area contributed by atoms with Crippen molar-refractivity contribution in [3.63, 3.8) is 0 Å². The lowest BCUT2D eigenvalue weighted by molar-refractivity contribution is -0.124. The van der Waals surface area contributed by atoms with Crippen LogP contribution < -0.4 is 11.1 Å². The van der Waals surface area contributed by atoms with E-state index >= 15 is 0 Å². The van der Waals surface area contributed by atoms with Crippen molar-refractivity contribution in [3.8, 4) is 0 Å².